The van der Waals surface area contributed by atoms with Gasteiger partial charge in [-0.3, -0.25) is 4.99 Å². The number of nitrogens with one attached hydrogen (secondary N) is 2. The Morgan fingerprint density at radius 3 is 2.78 bits per heavy atom. The Morgan fingerprint density at radius 2 is 2.13 bits per heavy atom. The van der Waals surface area contributed by atoms with E-state index in [1.54, 1.807) is 14.2 Å². The van der Waals surface area contributed by atoms with Gasteiger partial charge in [0.25, 0.3) is 0 Å². The molecule has 0 fully saturated rings. The summed E-state index contributed by atoms with van der Waals surface area (Å²) in [6, 6.07) is 4.30. The molecule has 1 heterocycles. The zero-order valence-electron chi connectivity index (χ0n) is 14.3. The Kier molecular flexibility index (Phi) is 14.9. The smallest absolute Gasteiger partial charge is 0.190 e. The molecule has 134 valence electrons. The Labute approximate surface area is 161 Å². The van der Waals surface area contributed by atoms with Crippen molar-refractivity contribution in [1.29, 1.82) is 0 Å². The molecular weight excluding hydrogens is 425 g/mol. The second kappa shape index (κ2) is 15.2. The highest BCUT2D eigenvalue weighted by Crippen LogP contribution is 2.13. The van der Waals surface area contributed by atoms with Crippen LogP contribution in [0.1, 0.15) is 18.2 Å². The summed E-state index contributed by atoms with van der Waals surface area (Å²) in [7, 11) is 3.48. The van der Waals surface area contributed by atoms with Gasteiger partial charge in [0, 0.05) is 38.7 Å². The number of hydrogen-bond acceptors (Lipinski definition) is 4. The van der Waals surface area contributed by atoms with Crippen molar-refractivity contribution in [3.8, 4) is 0 Å². The first-order chi connectivity index (χ1) is 10.8. The van der Waals surface area contributed by atoms with Crippen molar-refractivity contribution in [1.82, 2.24) is 10.6 Å². The first-order valence-electron chi connectivity index (χ1n) is 7.79. The SMILES string of the molecule is CN=C(NCCCOCCOC)NCC(C)Cc1cccs1.I. The molecule has 0 saturated carbocycles. The number of methoxy groups -OCH3 is 1. The van der Waals surface area contributed by atoms with Crippen LogP contribution in [-0.4, -0.2) is 53.0 Å². The minimum atomic E-state index is 0. The third-order valence-corrected chi connectivity index (χ3v) is 4.06. The Hall–Kier alpha value is -0.380. The summed E-state index contributed by atoms with van der Waals surface area (Å²) in [5, 5.41) is 8.81. The number of halogens is 1. The van der Waals surface area contributed by atoms with Crippen LogP contribution < -0.4 is 10.6 Å². The van der Waals surface area contributed by atoms with Crippen molar-refractivity contribution in [3.05, 3.63) is 22.4 Å². The summed E-state index contributed by atoms with van der Waals surface area (Å²) in [6.45, 7) is 6.07. The second-order valence-electron chi connectivity index (χ2n) is 5.23. The third kappa shape index (κ3) is 11.7. The van der Waals surface area contributed by atoms with Gasteiger partial charge in [0.1, 0.15) is 0 Å². The fraction of sp³-hybridized carbons (Fsp3) is 0.688. The molecule has 0 aromatic carbocycles. The molecule has 0 bridgehead atoms. The first-order valence-corrected chi connectivity index (χ1v) is 8.67. The second-order valence-corrected chi connectivity index (χ2v) is 6.26. The highest BCUT2D eigenvalue weighted by Gasteiger charge is 2.05. The molecule has 23 heavy (non-hydrogen) atoms. The number of rotatable bonds is 11. The monoisotopic (exact) mass is 455 g/mol. The molecular formula is C16H30IN3O2S. The van der Waals surface area contributed by atoms with Crippen LogP contribution in [0.5, 0.6) is 0 Å². The van der Waals surface area contributed by atoms with E-state index in [4.69, 9.17) is 9.47 Å². The highest BCUT2D eigenvalue weighted by atomic mass is 127. The fourth-order valence-electron chi connectivity index (χ4n) is 1.96. The van der Waals surface area contributed by atoms with Gasteiger partial charge in [0.15, 0.2) is 5.96 Å². The van der Waals surface area contributed by atoms with Crippen LogP contribution in [0.3, 0.4) is 0 Å². The van der Waals surface area contributed by atoms with Crippen LogP contribution in [0.25, 0.3) is 0 Å². The van der Waals surface area contributed by atoms with Crippen molar-refractivity contribution in [2.45, 2.75) is 19.8 Å². The summed E-state index contributed by atoms with van der Waals surface area (Å²) in [5.41, 5.74) is 0. The van der Waals surface area contributed by atoms with Crippen molar-refractivity contribution in [2.75, 3.05) is 47.1 Å². The Morgan fingerprint density at radius 1 is 1.30 bits per heavy atom. The number of nitrogens with zero attached hydrogens (tertiary/aromatic N) is 1. The van der Waals surface area contributed by atoms with E-state index in [0.29, 0.717) is 19.1 Å². The summed E-state index contributed by atoms with van der Waals surface area (Å²) < 4.78 is 10.3. The van der Waals surface area contributed by atoms with E-state index < -0.39 is 0 Å². The molecule has 1 atom stereocenters. The van der Waals surface area contributed by atoms with E-state index in [2.05, 4.69) is 40.1 Å². The molecule has 0 spiro atoms. The number of thiophene rings is 1. The molecule has 2 N–H and O–H groups in total. The number of ether oxygens (including phenoxy) is 2. The Bertz CT molecular complexity index is 402. The van der Waals surface area contributed by atoms with E-state index in [1.165, 1.54) is 4.88 Å². The molecule has 5 nitrogen and oxygen atoms in total. The van der Waals surface area contributed by atoms with Crippen LogP contribution in [0.15, 0.2) is 22.5 Å². The van der Waals surface area contributed by atoms with Crippen LogP contribution >= 0.6 is 35.3 Å². The van der Waals surface area contributed by atoms with Crippen molar-refractivity contribution in [2.24, 2.45) is 10.9 Å². The summed E-state index contributed by atoms with van der Waals surface area (Å²) in [6.07, 6.45) is 2.06. The van der Waals surface area contributed by atoms with Gasteiger partial charge in [-0.05, 0) is 30.2 Å². The lowest BCUT2D eigenvalue weighted by atomic mass is 10.1. The lowest BCUT2D eigenvalue weighted by molar-refractivity contribution is 0.0698. The van der Waals surface area contributed by atoms with Crippen LogP contribution in [0.4, 0.5) is 0 Å². The summed E-state index contributed by atoms with van der Waals surface area (Å²) in [5.74, 6) is 1.43. The van der Waals surface area contributed by atoms with Gasteiger partial charge < -0.3 is 20.1 Å². The van der Waals surface area contributed by atoms with Gasteiger partial charge in [0.05, 0.1) is 13.2 Å². The Balaban J connectivity index is 0.00000484. The largest absolute Gasteiger partial charge is 0.382 e. The average molecular weight is 455 g/mol. The minimum Gasteiger partial charge on any atom is -0.382 e. The number of hydrogen-bond donors (Lipinski definition) is 2. The van der Waals surface area contributed by atoms with E-state index in [0.717, 1.165) is 38.5 Å². The number of aliphatic imine (C=N–C) groups is 1. The van der Waals surface area contributed by atoms with Crippen molar-refractivity contribution < 1.29 is 9.47 Å². The van der Waals surface area contributed by atoms with Crippen molar-refractivity contribution in [3.63, 3.8) is 0 Å². The molecule has 0 aliphatic heterocycles. The van der Waals surface area contributed by atoms with Crippen LogP contribution in [0, 0.1) is 5.92 Å². The maximum absolute atomic E-state index is 5.42. The lowest BCUT2D eigenvalue weighted by Gasteiger charge is -2.15. The van der Waals surface area contributed by atoms with Crippen LogP contribution in [0.2, 0.25) is 0 Å². The van der Waals surface area contributed by atoms with E-state index >= 15 is 0 Å². The van der Waals surface area contributed by atoms with Gasteiger partial charge >= 0.3 is 0 Å². The van der Waals surface area contributed by atoms with E-state index in [1.807, 2.05) is 11.3 Å². The average Bonchev–Trinajstić information content (AvgIpc) is 3.02. The van der Waals surface area contributed by atoms with Crippen LogP contribution in [-0.2, 0) is 15.9 Å². The van der Waals surface area contributed by atoms with Gasteiger partial charge in [-0.2, -0.15) is 0 Å². The topological polar surface area (TPSA) is 54.9 Å². The lowest BCUT2D eigenvalue weighted by Crippen LogP contribution is -2.40. The summed E-state index contributed by atoms with van der Waals surface area (Å²) in [4.78, 5) is 5.68. The standard InChI is InChI=1S/C16H29N3O2S.HI/c1-14(12-15-6-4-11-22-15)13-19-16(17-2)18-7-5-8-21-10-9-20-3;/h4,6,11,14H,5,7-10,12-13H2,1-3H3,(H2,17,18,19);1H. The molecule has 0 aliphatic carbocycles. The summed E-state index contributed by atoms with van der Waals surface area (Å²) >= 11 is 1.82. The van der Waals surface area contributed by atoms with Gasteiger partial charge in [-0.1, -0.05) is 13.0 Å². The molecule has 0 amide bonds. The van der Waals surface area contributed by atoms with Gasteiger partial charge in [-0.25, -0.2) is 0 Å². The zero-order chi connectivity index (χ0) is 16.0. The molecule has 0 radical (unpaired) electrons. The molecule has 7 heteroatoms. The quantitative estimate of drug-likeness (QED) is 0.233. The van der Waals surface area contributed by atoms with E-state index in [-0.39, 0.29) is 24.0 Å². The van der Waals surface area contributed by atoms with Crippen molar-refractivity contribution >= 4 is 41.3 Å². The molecule has 1 rings (SSSR count). The normalized spacial score (nSPS) is 12.6. The van der Waals surface area contributed by atoms with Gasteiger partial charge in [-0.15, -0.1) is 35.3 Å². The minimum absolute atomic E-state index is 0. The predicted octanol–water partition coefficient (Wildman–Crippen LogP) is 2.76. The number of guanidine groups is 1. The zero-order valence-corrected chi connectivity index (χ0v) is 17.5. The molecule has 1 aromatic heterocycles. The maximum Gasteiger partial charge on any atom is 0.190 e. The third-order valence-electron chi connectivity index (χ3n) is 3.16. The predicted molar refractivity (Wildman–Crippen MR) is 109 cm³/mol. The maximum atomic E-state index is 5.42. The molecule has 1 aromatic rings. The molecule has 1 unspecified atom stereocenters. The van der Waals surface area contributed by atoms with E-state index in [9.17, 15) is 0 Å². The fourth-order valence-corrected chi connectivity index (χ4v) is 2.83. The molecule has 0 aliphatic rings. The molecule has 0 saturated heterocycles. The first kappa shape index (κ1) is 22.6. The van der Waals surface area contributed by atoms with Gasteiger partial charge in [0.2, 0.25) is 0 Å². The highest BCUT2D eigenvalue weighted by molar-refractivity contribution is 14.0.